The molecule has 0 saturated heterocycles. The number of carbonyl (C=O) groups is 1. The molecule has 3 nitrogen and oxygen atoms in total. The first kappa shape index (κ1) is 11.3. The summed E-state index contributed by atoms with van der Waals surface area (Å²) < 4.78 is 0. The lowest BCUT2D eigenvalue weighted by Gasteiger charge is -2.34. The van der Waals surface area contributed by atoms with E-state index in [1.807, 2.05) is 0 Å². The zero-order valence-electron chi connectivity index (χ0n) is 9.20. The van der Waals surface area contributed by atoms with Crippen molar-refractivity contribution in [2.75, 3.05) is 7.05 Å². The van der Waals surface area contributed by atoms with Crippen LogP contribution in [0.25, 0.3) is 0 Å². The molecule has 1 amide bonds. The van der Waals surface area contributed by atoms with Crippen LogP contribution in [-0.4, -0.2) is 29.2 Å². The molecule has 1 unspecified atom stereocenters. The summed E-state index contributed by atoms with van der Waals surface area (Å²) in [6, 6.07) is 0.229. The lowest BCUT2D eigenvalue weighted by atomic mass is 9.82. The summed E-state index contributed by atoms with van der Waals surface area (Å²) in [7, 11) is 1.70. The van der Waals surface area contributed by atoms with Gasteiger partial charge in [0.25, 0.3) is 0 Å². The molecule has 0 aromatic rings. The lowest BCUT2D eigenvalue weighted by Crippen LogP contribution is -2.41. The number of hydrogen-bond acceptors (Lipinski definition) is 1. The summed E-state index contributed by atoms with van der Waals surface area (Å²) in [5, 5.41) is 8.94. The molecule has 0 radical (unpaired) electrons. The number of nitrogens with zero attached hydrogens (tertiary/aromatic N) is 1. The predicted octanol–water partition coefficient (Wildman–Crippen LogP) is 2.96. The molecule has 1 aliphatic rings. The molecule has 14 heavy (non-hydrogen) atoms. The Kier molecular flexibility index (Phi) is 4.23. The third-order valence-corrected chi connectivity index (χ3v) is 3.41. The maximum absolute atomic E-state index is 10.9. The van der Waals surface area contributed by atoms with E-state index < -0.39 is 6.09 Å². The van der Waals surface area contributed by atoms with Gasteiger partial charge in [-0.1, -0.05) is 26.2 Å². The lowest BCUT2D eigenvalue weighted by molar-refractivity contribution is 0.107. The van der Waals surface area contributed by atoms with Gasteiger partial charge in [-0.05, 0) is 25.2 Å². The van der Waals surface area contributed by atoms with Crippen LogP contribution in [0.2, 0.25) is 0 Å². The summed E-state index contributed by atoms with van der Waals surface area (Å²) in [5.74, 6) is 0.592. The number of rotatable bonds is 3. The minimum absolute atomic E-state index is 0.229. The molecule has 0 aromatic carbocycles. The molecule has 3 heteroatoms. The quantitative estimate of drug-likeness (QED) is 0.759. The minimum atomic E-state index is -0.789. The van der Waals surface area contributed by atoms with E-state index in [9.17, 15) is 4.79 Å². The highest BCUT2D eigenvalue weighted by Gasteiger charge is 2.27. The first-order valence-corrected chi connectivity index (χ1v) is 5.62. The van der Waals surface area contributed by atoms with Gasteiger partial charge in [0.1, 0.15) is 0 Å². The van der Waals surface area contributed by atoms with Gasteiger partial charge in [0.15, 0.2) is 0 Å². The Morgan fingerprint density at radius 2 is 2.00 bits per heavy atom. The molecule has 0 aromatic heterocycles. The summed E-state index contributed by atoms with van der Waals surface area (Å²) in [5.41, 5.74) is 0. The van der Waals surface area contributed by atoms with Gasteiger partial charge in [0.2, 0.25) is 0 Å². The molecular formula is C11H21NO2. The van der Waals surface area contributed by atoms with E-state index in [0.29, 0.717) is 5.92 Å². The van der Waals surface area contributed by atoms with Crippen molar-refractivity contribution in [3.8, 4) is 0 Å². The number of carboxylic acid groups (broad SMARTS) is 1. The summed E-state index contributed by atoms with van der Waals surface area (Å²) >= 11 is 0. The molecule has 1 N–H and O–H groups in total. The van der Waals surface area contributed by atoms with E-state index >= 15 is 0 Å². The summed E-state index contributed by atoms with van der Waals surface area (Å²) in [6.07, 6.45) is 6.43. The van der Waals surface area contributed by atoms with Crippen molar-refractivity contribution in [2.24, 2.45) is 5.92 Å². The van der Waals surface area contributed by atoms with Crippen molar-refractivity contribution in [2.45, 2.75) is 51.5 Å². The van der Waals surface area contributed by atoms with Gasteiger partial charge in [0, 0.05) is 13.1 Å². The molecule has 0 aliphatic heterocycles. The van der Waals surface area contributed by atoms with Crippen LogP contribution in [0.1, 0.15) is 45.4 Å². The van der Waals surface area contributed by atoms with E-state index in [1.165, 1.54) is 37.0 Å². The van der Waals surface area contributed by atoms with E-state index in [-0.39, 0.29) is 6.04 Å². The zero-order valence-corrected chi connectivity index (χ0v) is 9.20. The first-order chi connectivity index (χ1) is 6.66. The molecule has 1 aliphatic carbocycles. The minimum Gasteiger partial charge on any atom is -0.465 e. The molecule has 1 saturated carbocycles. The summed E-state index contributed by atoms with van der Waals surface area (Å²) in [4.78, 5) is 12.4. The largest absolute Gasteiger partial charge is 0.465 e. The average molecular weight is 199 g/mol. The second-order valence-electron chi connectivity index (χ2n) is 4.27. The third-order valence-electron chi connectivity index (χ3n) is 3.41. The number of hydrogen-bond donors (Lipinski definition) is 1. The van der Waals surface area contributed by atoms with E-state index in [0.717, 1.165) is 6.42 Å². The predicted molar refractivity (Wildman–Crippen MR) is 56.4 cm³/mol. The Morgan fingerprint density at radius 3 is 2.43 bits per heavy atom. The highest BCUT2D eigenvalue weighted by atomic mass is 16.4. The van der Waals surface area contributed by atoms with Crippen molar-refractivity contribution in [1.82, 2.24) is 4.90 Å². The van der Waals surface area contributed by atoms with Crippen LogP contribution in [-0.2, 0) is 0 Å². The van der Waals surface area contributed by atoms with Crippen molar-refractivity contribution in [1.29, 1.82) is 0 Å². The molecule has 0 spiro atoms. The van der Waals surface area contributed by atoms with E-state index in [4.69, 9.17) is 5.11 Å². The average Bonchev–Trinajstić information content (AvgIpc) is 2.20. The van der Waals surface area contributed by atoms with Gasteiger partial charge in [-0.2, -0.15) is 0 Å². The zero-order chi connectivity index (χ0) is 10.6. The fraction of sp³-hybridized carbons (Fsp3) is 0.909. The SMILES string of the molecule is CCC(C1CCCCC1)N(C)C(=O)O. The standard InChI is InChI=1S/C11H21NO2/c1-3-10(12(2)11(13)14)9-7-5-4-6-8-9/h9-10H,3-8H2,1-2H3,(H,13,14). The third kappa shape index (κ3) is 2.63. The molecular weight excluding hydrogens is 178 g/mol. The first-order valence-electron chi connectivity index (χ1n) is 5.62. The molecule has 0 heterocycles. The van der Waals surface area contributed by atoms with Gasteiger partial charge < -0.3 is 10.0 Å². The topological polar surface area (TPSA) is 40.5 Å². The van der Waals surface area contributed by atoms with Gasteiger partial charge >= 0.3 is 6.09 Å². The van der Waals surface area contributed by atoms with E-state index in [1.54, 1.807) is 7.05 Å². The van der Waals surface area contributed by atoms with Gasteiger partial charge in [0.05, 0.1) is 0 Å². The fourth-order valence-corrected chi connectivity index (χ4v) is 2.58. The van der Waals surface area contributed by atoms with Crippen LogP contribution in [0.15, 0.2) is 0 Å². The van der Waals surface area contributed by atoms with Crippen LogP contribution in [0.4, 0.5) is 4.79 Å². The van der Waals surface area contributed by atoms with Crippen LogP contribution >= 0.6 is 0 Å². The number of amides is 1. The maximum atomic E-state index is 10.9. The van der Waals surface area contributed by atoms with Crippen LogP contribution in [0.3, 0.4) is 0 Å². The molecule has 1 atom stereocenters. The Hall–Kier alpha value is -0.730. The Balaban J connectivity index is 2.55. The smallest absolute Gasteiger partial charge is 0.407 e. The highest BCUT2D eigenvalue weighted by Crippen LogP contribution is 2.29. The Bertz CT molecular complexity index is 188. The molecule has 0 bridgehead atoms. The maximum Gasteiger partial charge on any atom is 0.407 e. The second-order valence-corrected chi connectivity index (χ2v) is 4.27. The van der Waals surface area contributed by atoms with Crippen LogP contribution in [0, 0.1) is 5.92 Å². The highest BCUT2D eigenvalue weighted by molar-refractivity contribution is 5.65. The van der Waals surface area contributed by atoms with Crippen molar-refractivity contribution in [3.63, 3.8) is 0 Å². The Labute approximate surface area is 86.1 Å². The van der Waals surface area contributed by atoms with Crippen LogP contribution in [0.5, 0.6) is 0 Å². The normalized spacial score (nSPS) is 20.4. The van der Waals surface area contributed by atoms with Gasteiger partial charge in [-0.25, -0.2) is 4.79 Å². The van der Waals surface area contributed by atoms with Crippen molar-refractivity contribution >= 4 is 6.09 Å². The van der Waals surface area contributed by atoms with Gasteiger partial charge in [-0.15, -0.1) is 0 Å². The second kappa shape index (κ2) is 5.23. The Morgan fingerprint density at radius 1 is 1.43 bits per heavy atom. The molecule has 82 valence electrons. The molecule has 1 rings (SSSR count). The van der Waals surface area contributed by atoms with Crippen molar-refractivity contribution in [3.05, 3.63) is 0 Å². The van der Waals surface area contributed by atoms with Crippen molar-refractivity contribution < 1.29 is 9.90 Å². The summed E-state index contributed by atoms with van der Waals surface area (Å²) in [6.45, 7) is 2.08. The van der Waals surface area contributed by atoms with Gasteiger partial charge in [-0.3, -0.25) is 0 Å². The fourth-order valence-electron chi connectivity index (χ4n) is 2.58. The van der Waals surface area contributed by atoms with Crippen LogP contribution < -0.4 is 0 Å². The van der Waals surface area contributed by atoms with E-state index in [2.05, 4.69) is 6.92 Å². The monoisotopic (exact) mass is 199 g/mol. The molecule has 1 fully saturated rings.